The van der Waals surface area contributed by atoms with Crippen LogP contribution >= 0.6 is 0 Å². The van der Waals surface area contributed by atoms with Gasteiger partial charge in [0.1, 0.15) is 0 Å². The first kappa shape index (κ1) is 6.84. The summed E-state index contributed by atoms with van der Waals surface area (Å²) in [4.78, 5) is 3.76. The minimum absolute atomic E-state index is 0.0678. The molecule has 50 valence electrons. The number of rotatable bonds is 2. The third-order valence-corrected chi connectivity index (χ3v) is 1.20. The van der Waals surface area contributed by atoms with E-state index in [1.165, 1.54) is 12.5 Å². The van der Waals surface area contributed by atoms with Gasteiger partial charge in [-0.25, -0.2) is 10.2 Å². The van der Waals surface area contributed by atoms with E-state index in [4.69, 9.17) is 10.4 Å². The molecular weight excluding hydrogens is 129 g/mol. The van der Waals surface area contributed by atoms with Gasteiger partial charge in [-0.2, -0.15) is 0 Å². The van der Waals surface area contributed by atoms with Crippen molar-refractivity contribution in [2.24, 2.45) is 0 Å². The fraction of sp³-hybridized carbons (Fsp3) is 0.200. The maximum Gasteiger partial charge on any atom is 0.365 e. The second-order valence-corrected chi connectivity index (χ2v) is 1.83. The fourth-order valence-corrected chi connectivity index (χ4v) is 0.698. The molecule has 1 heterocycles. The summed E-state index contributed by atoms with van der Waals surface area (Å²) < 4.78 is 1.60. The summed E-state index contributed by atoms with van der Waals surface area (Å²) in [6, 6.07) is 0. The number of aliphatic hydroxyl groups is 1. The molecule has 5 heteroatoms. The molecule has 0 aromatic carbocycles. The smallest absolute Gasteiger partial charge is 0.365 e. The van der Waals surface area contributed by atoms with Crippen LogP contribution in [0.1, 0.15) is 5.69 Å². The maximum absolute atomic E-state index is 8.66. The number of nitriles is 1. The average Bonchev–Trinajstić information content (AvgIpc) is 2.36. The van der Waals surface area contributed by atoms with Crippen LogP contribution in [0.2, 0.25) is 0 Å². The Morgan fingerprint density at radius 1 is 1.90 bits per heavy atom. The highest BCUT2D eigenvalue weighted by Crippen LogP contribution is 1.94. The van der Waals surface area contributed by atoms with Crippen LogP contribution in [0.15, 0.2) is 12.5 Å². The van der Waals surface area contributed by atoms with Gasteiger partial charge in [0.15, 0.2) is 0 Å². The quantitative estimate of drug-likeness (QED) is 0.532. The minimum atomic E-state index is -0.0678. The van der Waals surface area contributed by atoms with E-state index in [9.17, 15) is 0 Å². The molecule has 0 saturated carbocycles. The molecule has 0 spiro atoms. The summed E-state index contributed by atoms with van der Waals surface area (Å²) in [7, 11) is 0.246. The summed E-state index contributed by atoms with van der Waals surface area (Å²) in [5.41, 5.74) is 0.668. The van der Waals surface area contributed by atoms with Crippen molar-refractivity contribution in [3.05, 3.63) is 18.2 Å². The first-order valence-electron chi connectivity index (χ1n) is 2.85. The van der Waals surface area contributed by atoms with Crippen LogP contribution in [0.4, 0.5) is 0 Å². The minimum Gasteiger partial charge on any atom is -0.390 e. The topological polar surface area (TPSA) is 61.8 Å². The van der Waals surface area contributed by atoms with E-state index in [-0.39, 0.29) is 14.0 Å². The highest BCUT2D eigenvalue weighted by molar-refractivity contribution is 6.43. The van der Waals surface area contributed by atoms with Crippen LogP contribution in [0.5, 0.6) is 0 Å². The third-order valence-electron chi connectivity index (χ3n) is 1.20. The Kier molecular flexibility index (Phi) is 2.08. The highest BCUT2D eigenvalue weighted by Gasteiger charge is 1.99. The van der Waals surface area contributed by atoms with Crippen molar-refractivity contribution in [3.63, 3.8) is 0 Å². The maximum atomic E-state index is 8.66. The van der Waals surface area contributed by atoms with Crippen molar-refractivity contribution in [1.82, 2.24) is 9.46 Å². The van der Waals surface area contributed by atoms with Crippen LogP contribution in [-0.4, -0.2) is 22.0 Å². The van der Waals surface area contributed by atoms with Gasteiger partial charge < -0.3 is 9.58 Å². The van der Waals surface area contributed by atoms with Crippen LogP contribution in [0.3, 0.4) is 0 Å². The van der Waals surface area contributed by atoms with Gasteiger partial charge in [-0.1, -0.05) is 0 Å². The van der Waals surface area contributed by atoms with Crippen molar-refractivity contribution in [2.45, 2.75) is 6.61 Å². The zero-order valence-electron chi connectivity index (χ0n) is 5.36. The van der Waals surface area contributed by atoms with E-state index in [0.29, 0.717) is 5.69 Å². The Bertz CT molecular complexity index is 252. The third kappa shape index (κ3) is 1.17. The van der Waals surface area contributed by atoms with Crippen LogP contribution in [0.25, 0.3) is 0 Å². The van der Waals surface area contributed by atoms with Crippen LogP contribution in [0, 0.1) is 11.2 Å². The Labute approximate surface area is 59.0 Å². The number of hydrogen-bond acceptors (Lipinski definition) is 3. The summed E-state index contributed by atoms with van der Waals surface area (Å²) in [5.74, 6) is 1.96. The predicted molar refractivity (Wildman–Crippen MR) is 36.3 cm³/mol. The van der Waals surface area contributed by atoms with Gasteiger partial charge in [-0.3, -0.25) is 0 Å². The highest BCUT2D eigenvalue weighted by atomic mass is 16.3. The van der Waals surface area contributed by atoms with E-state index in [0.717, 1.165) is 0 Å². The molecule has 0 unspecified atom stereocenters. The summed E-state index contributed by atoms with van der Waals surface area (Å²) in [5, 5.41) is 16.9. The zero-order valence-corrected chi connectivity index (χ0v) is 5.36. The lowest BCUT2D eigenvalue weighted by Gasteiger charge is -1.95. The average molecular weight is 135 g/mol. The first-order valence-corrected chi connectivity index (χ1v) is 2.85. The lowest BCUT2D eigenvalue weighted by Crippen LogP contribution is -2.06. The largest absolute Gasteiger partial charge is 0.390 e. The van der Waals surface area contributed by atoms with Crippen molar-refractivity contribution in [3.8, 4) is 5.97 Å². The van der Waals surface area contributed by atoms with Gasteiger partial charge in [-0.05, 0) is 0 Å². The predicted octanol–water partition coefficient (Wildman–Crippen LogP) is -0.944. The summed E-state index contributed by atoms with van der Waals surface area (Å²) in [6.45, 7) is -0.0678. The van der Waals surface area contributed by atoms with Gasteiger partial charge in [0, 0.05) is 12.2 Å². The lowest BCUT2D eigenvalue weighted by atomic mass is 9.98. The Morgan fingerprint density at radius 3 is 3.30 bits per heavy atom. The molecule has 0 aliphatic carbocycles. The number of aromatic nitrogens is 2. The van der Waals surface area contributed by atoms with E-state index in [1.807, 2.05) is 5.97 Å². The van der Waals surface area contributed by atoms with Gasteiger partial charge in [0.2, 0.25) is 0 Å². The standard InChI is InChI=1S/C5H6BN3O/c7-3-6-9-4-8-1-5(9)2-10/h1,4,6,10H,2H2. The van der Waals surface area contributed by atoms with Crippen LogP contribution < -0.4 is 0 Å². The van der Waals surface area contributed by atoms with Gasteiger partial charge >= 0.3 is 7.41 Å². The van der Waals surface area contributed by atoms with Crippen molar-refractivity contribution in [1.29, 1.82) is 5.26 Å². The lowest BCUT2D eigenvalue weighted by molar-refractivity contribution is 0.276. The molecule has 4 nitrogen and oxygen atoms in total. The van der Waals surface area contributed by atoms with Crippen LogP contribution in [-0.2, 0) is 6.61 Å². The van der Waals surface area contributed by atoms with E-state index in [1.54, 1.807) is 4.48 Å². The van der Waals surface area contributed by atoms with E-state index >= 15 is 0 Å². The molecule has 0 amide bonds. The second kappa shape index (κ2) is 3.04. The molecular formula is C5H6BN3O. The van der Waals surface area contributed by atoms with Crippen molar-refractivity contribution < 1.29 is 5.11 Å². The normalized spacial score (nSPS) is 8.80. The molecule has 0 bridgehead atoms. The monoisotopic (exact) mass is 135 g/mol. The number of imidazole rings is 1. The second-order valence-electron chi connectivity index (χ2n) is 1.83. The van der Waals surface area contributed by atoms with E-state index in [2.05, 4.69) is 4.98 Å². The number of aliphatic hydroxyl groups excluding tert-OH is 1. The molecule has 1 aromatic heterocycles. The number of nitrogens with zero attached hydrogens (tertiary/aromatic N) is 3. The SMILES string of the molecule is N#CBn1cncc1CO. The molecule has 0 fully saturated rings. The Morgan fingerprint density at radius 2 is 2.70 bits per heavy atom. The molecule has 0 aliphatic heterocycles. The van der Waals surface area contributed by atoms with E-state index < -0.39 is 0 Å². The Hall–Kier alpha value is -1.28. The first-order chi connectivity index (χ1) is 4.88. The molecule has 0 atom stereocenters. The molecule has 10 heavy (non-hydrogen) atoms. The fourth-order valence-electron chi connectivity index (χ4n) is 0.698. The van der Waals surface area contributed by atoms with Crippen molar-refractivity contribution >= 4 is 7.41 Å². The van der Waals surface area contributed by atoms with Gasteiger partial charge in [-0.15, -0.1) is 0 Å². The molecule has 0 radical (unpaired) electrons. The molecule has 0 aliphatic rings. The zero-order chi connectivity index (χ0) is 7.40. The summed E-state index contributed by atoms with van der Waals surface area (Å²) in [6.07, 6.45) is 3.06. The Balaban J connectivity index is 2.82. The number of hydrogen-bond donors (Lipinski definition) is 1. The summed E-state index contributed by atoms with van der Waals surface area (Å²) >= 11 is 0. The molecule has 0 saturated heterocycles. The molecule has 1 N–H and O–H groups in total. The molecule has 1 rings (SSSR count). The van der Waals surface area contributed by atoms with Gasteiger partial charge in [0.05, 0.1) is 18.6 Å². The van der Waals surface area contributed by atoms with Crippen molar-refractivity contribution in [2.75, 3.05) is 0 Å². The molecule has 1 aromatic rings. The van der Waals surface area contributed by atoms with Gasteiger partial charge in [0.25, 0.3) is 0 Å².